The van der Waals surface area contributed by atoms with E-state index in [0.717, 1.165) is 0 Å². The van der Waals surface area contributed by atoms with Gasteiger partial charge in [-0.25, -0.2) is 4.98 Å². The van der Waals surface area contributed by atoms with Crippen molar-refractivity contribution in [3.8, 4) is 0 Å². The molecule has 0 saturated carbocycles. The van der Waals surface area contributed by atoms with E-state index < -0.39 is 11.9 Å². The highest BCUT2D eigenvalue weighted by molar-refractivity contribution is 6.44. The smallest absolute Gasteiger partial charge is 0.267 e. The van der Waals surface area contributed by atoms with Crippen LogP contribution >= 0.6 is 11.6 Å². The van der Waals surface area contributed by atoms with Crippen LogP contribution in [-0.2, 0) is 14.4 Å². The average Bonchev–Trinajstić information content (AvgIpc) is 2.77. The van der Waals surface area contributed by atoms with Crippen molar-refractivity contribution in [1.29, 1.82) is 5.41 Å². The molecular formula is C21H24ClN7O3. The molecule has 11 heteroatoms. The molecule has 5 N–H and O–H groups in total. The van der Waals surface area contributed by atoms with Gasteiger partial charge in [0.05, 0.1) is 6.54 Å². The Morgan fingerprint density at radius 3 is 2.66 bits per heavy atom. The van der Waals surface area contributed by atoms with E-state index in [-0.39, 0.29) is 29.2 Å². The molecule has 1 saturated heterocycles. The highest BCUT2D eigenvalue weighted by Crippen LogP contribution is 2.17. The van der Waals surface area contributed by atoms with E-state index in [0.29, 0.717) is 36.7 Å². The maximum Gasteiger partial charge on any atom is 0.267 e. The standard InChI is InChI=1S/C21H24ClN7O3/c1-28-9-10-29(15(12-28)21(32)27-17-8-4-7-16(22)26-17)18(30)11-25-14-6-3-2-5-13(14)19(23)20(24)31/h2-8,15,23,25H,9-12H2,1H3,(H2,24,31)(H,26,27,32)/t15-/m0/s1. The van der Waals surface area contributed by atoms with Crippen molar-refractivity contribution in [3.63, 3.8) is 0 Å². The number of aromatic nitrogens is 1. The molecule has 0 bridgehead atoms. The number of benzene rings is 1. The predicted molar refractivity (Wildman–Crippen MR) is 122 cm³/mol. The van der Waals surface area contributed by atoms with Gasteiger partial charge in [-0.05, 0) is 25.2 Å². The number of anilines is 2. The van der Waals surface area contributed by atoms with Crippen molar-refractivity contribution < 1.29 is 14.4 Å². The maximum atomic E-state index is 13.0. The lowest BCUT2D eigenvalue weighted by atomic mass is 10.1. The first kappa shape index (κ1) is 23.2. The lowest BCUT2D eigenvalue weighted by Crippen LogP contribution is -2.59. The summed E-state index contributed by atoms with van der Waals surface area (Å²) in [5.74, 6) is -1.22. The van der Waals surface area contributed by atoms with Gasteiger partial charge in [-0.15, -0.1) is 0 Å². The van der Waals surface area contributed by atoms with Gasteiger partial charge in [0, 0.05) is 30.9 Å². The summed E-state index contributed by atoms with van der Waals surface area (Å²) in [7, 11) is 1.88. The molecule has 1 atom stereocenters. The Balaban J connectivity index is 1.71. The normalized spacial score (nSPS) is 16.3. The van der Waals surface area contributed by atoms with Crippen LogP contribution in [0.4, 0.5) is 11.5 Å². The number of carbonyl (C=O) groups is 3. The Morgan fingerprint density at radius 1 is 1.19 bits per heavy atom. The molecule has 3 rings (SSSR count). The Bertz CT molecular complexity index is 1050. The number of likely N-dealkylation sites (N-methyl/N-ethyl adjacent to an activating group) is 1. The van der Waals surface area contributed by atoms with Crippen molar-refractivity contribution in [2.45, 2.75) is 6.04 Å². The number of halogens is 1. The fourth-order valence-corrected chi connectivity index (χ4v) is 3.55. The predicted octanol–water partition coefficient (Wildman–Crippen LogP) is 0.781. The van der Waals surface area contributed by atoms with Crippen molar-refractivity contribution in [1.82, 2.24) is 14.8 Å². The number of nitrogens with zero attached hydrogens (tertiary/aromatic N) is 3. The molecule has 2 aromatic rings. The van der Waals surface area contributed by atoms with Gasteiger partial charge in [0.15, 0.2) is 0 Å². The number of hydrogen-bond acceptors (Lipinski definition) is 7. The number of nitrogens with one attached hydrogen (secondary N) is 3. The summed E-state index contributed by atoms with van der Waals surface area (Å²) >= 11 is 5.88. The molecule has 0 unspecified atom stereocenters. The number of nitrogens with two attached hydrogens (primary N) is 1. The van der Waals surface area contributed by atoms with Crippen LogP contribution in [0.5, 0.6) is 0 Å². The van der Waals surface area contributed by atoms with Gasteiger partial charge in [-0.1, -0.05) is 35.9 Å². The Morgan fingerprint density at radius 2 is 1.94 bits per heavy atom. The summed E-state index contributed by atoms with van der Waals surface area (Å²) in [6, 6.07) is 10.8. The van der Waals surface area contributed by atoms with E-state index in [4.69, 9.17) is 22.7 Å². The maximum absolute atomic E-state index is 13.0. The number of rotatable bonds is 7. The second-order valence-corrected chi connectivity index (χ2v) is 7.73. The van der Waals surface area contributed by atoms with E-state index in [1.54, 1.807) is 42.5 Å². The lowest BCUT2D eigenvalue weighted by molar-refractivity contribution is -0.140. The van der Waals surface area contributed by atoms with Crippen LogP contribution in [0.1, 0.15) is 5.56 Å². The van der Waals surface area contributed by atoms with Crippen molar-refractivity contribution in [2.24, 2.45) is 5.73 Å². The second kappa shape index (κ2) is 10.2. The SMILES string of the molecule is CN1CCN(C(=O)CNc2ccccc2C(=N)C(N)=O)[C@H](C(=O)Nc2cccc(Cl)n2)C1. The molecule has 0 radical (unpaired) electrons. The molecule has 1 fully saturated rings. The molecule has 0 aliphatic carbocycles. The third-order valence-corrected chi connectivity index (χ3v) is 5.26. The molecule has 10 nitrogen and oxygen atoms in total. The topological polar surface area (TPSA) is 145 Å². The first-order valence-electron chi connectivity index (χ1n) is 9.89. The highest BCUT2D eigenvalue weighted by atomic mass is 35.5. The number of pyridine rings is 1. The summed E-state index contributed by atoms with van der Waals surface area (Å²) in [6.45, 7) is 1.23. The quantitative estimate of drug-likeness (QED) is 0.357. The fourth-order valence-electron chi connectivity index (χ4n) is 3.39. The fraction of sp³-hybridized carbons (Fsp3) is 0.286. The molecule has 3 amide bonds. The van der Waals surface area contributed by atoms with E-state index in [2.05, 4.69) is 15.6 Å². The molecule has 168 valence electrons. The largest absolute Gasteiger partial charge is 0.376 e. The molecular weight excluding hydrogens is 434 g/mol. The zero-order valence-corrected chi connectivity index (χ0v) is 18.2. The third-order valence-electron chi connectivity index (χ3n) is 5.05. The lowest BCUT2D eigenvalue weighted by Gasteiger charge is -2.39. The third kappa shape index (κ3) is 5.59. The van der Waals surface area contributed by atoms with Gasteiger partial charge in [0.1, 0.15) is 22.7 Å². The number of para-hydroxylation sites is 1. The zero-order chi connectivity index (χ0) is 23.3. The van der Waals surface area contributed by atoms with E-state index in [9.17, 15) is 14.4 Å². The van der Waals surface area contributed by atoms with E-state index in [1.165, 1.54) is 4.90 Å². The van der Waals surface area contributed by atoms with Crippen molar-refractivity contribution in [2.75, 3.05) is 43.9 Å². The minimum absolute atomic E-state index is 0.119. The summed E-state index contributed by atoms with van der Waals surface area (Å²) in [4.78, 5) is 44.8. The molecule has 32 heavy (non-hydrogen) atoms. The number of hydrogen-bond donors (Lipinski definition) is 4. The Labute approximate surface area is 190 Å². The monoisotopic (exact) mass is 457 g/mol. The summed E-state index contributed by atoms with van der Waals surface area (Å²) in [5.41, 5.74) is 5.59. The van der Waals surface area contributed by atoms with Gasteiger partial charge < -0.3 is 26.2 Å². The van der Waals surface area contributed by atoms with Crippen LogP contribution in [-0.4, -0.2) is 77.5 Å². The second-order valence-electron chi connectivity index (χ2n) is 7.34. The molecule has 0 spiro atoms. The van der Waals surface area contributed by atoms with Crippen LogP contribution in [0.3, 0.4) is 0 Å². The van der Waals surface area contributed by atoms with Gasteiger partial charge in [0.2, 0.25) is 11.8 Å². The van der Waals surface area contributed by atoms with Gasteiger partial charge in [0.25, 0.3) is 5.91 Å². The van der Waals surface area contributed by atoms with Crippen molar-refractivity contribution >= 4 is 46.5 Å². The van der Waals surface area contributed by atoms with E-state index >= 15 is 0 Å². The first-order valence-corrected chi connectivity index (χ1v) is 10.3. The zero-order valence-electron chi connectivity index (χ0n) is 17.5. The van der Waals surface area contributed by atoms with Crippen molar-refractivity contribution in [3.05, 3.63) is 53.2 Å². The van der Waals surface area contributed by atoms with Crippen LogP contribution in [0.25, 0.3) is 0 Å². The van der Waals surface area contributed by atoms with Crippen LogP contribution < -0.4 is 16.4 Å². The van der Waals surface area contributed by atoms with E-state index in [1.807, 2.05) is 11.9 Å². The number of amides is 3. The molecule has 2 heterocycles. The summed E-state index contributed by atoms with van der Waals surface area (Å²) in [5, 5.41) is 13.8. The molecule has 1 aliphatic rings. The number of carbonyl (C=O) groups excluding carboxylic acids is 3. The molecule has 1 aromatic heterocycles. The summed E-state index contributed by atoms with van der Waals surface area (Å²) < 4.78 is 0. The Hall–Kier alpha value is -3.50. The first-order chi connectivity index (χ1) is 15.3. The number of piperazine rings is 1. The van der Waals surface area contributed by atoms with Gasteiger partial charge in [-0.2, -0.15) is 0 Å². The van der Waals surface area contributed by atoms with Crippen LogP contribution in [0.2, 0.25) is 5.15 Å². The summed E-state index contributed by atoms with van der Waals surface area (Å²) in [6.07, 6.45) is 0. The highest BCUT2D eigenvalue weighted by Gasteiger charge is 2.34. The minimum atomic E-state index is -0.865. The molecule has 1 aliphatic heterocycles. The average molecular weight is 458 g/mol. The minimum Gasteiger partial charge on any atom is -0.376 e. The van der Waals surface area contributed by atoms with Gasteiger partial charge >= 0.3 is 0 Å². The Kier molecular flexibility index (Phi) is 7.39. The van der Waals surface area contributed by atoms with Crippen LogP contribution in [0, 0.1) is 5.41 Å². The van der Waals surface area contributed by atoms with Crippen LogP contribution in [0.15, 0.2) is 42.5 Å². The molecule has 1 aromatic carbocycles. The number of primary amides is 1. The van der Waals surface area contributed by atoms with Gasteiger partial charge in [-0.3, -0.25) is 19.8 Å².